The Balaban J connectivity index is 1.37. The van der Waals surface area contributed by atoms with E-state index in [1.165, 1.54) is 0 Å². The maximum Gasteiger partial charge on any atom is 0.254 e. The van der Waals surface area contributed by atoms with Crippen molar-refractivity contribution < 1.29 is 9.53 Å². The van der Waals surface area contributed by atoms with Crippen LogP contribution >= 0.6 is 0 Å². The number of para-hydroxylation sites is 1. The zero-order valence-corrected chi connectivity index (χ0v) is 20.2. The Morgan fingerprint density at radius 2 is 1.89 bits per heavy atom. The second-order valence-electron chi connectivity index (χ2n) is 9.00. The summed E-state index contributed by atoms with van der Waals surface area (Å²) in [4.78, 5) is 24.9. The Kier molecular flexibility index (Phi) is 6.62. The molecule has 5 rings (SSSR count). The number of benzene rings is 2. The smallest absolute Gasteiger partial charge is 0.254 e. The highest BCUT2D eigenvalue weighted by Crippen LogP contribution is 2.32. The van der Waals surface area contributed by atoms with E-state index in [1.807, 2.05) is 78.7 Å². The van der Waals surface area contributed by atoms with Crippen LogP contribution < -0.4 is 4.74 Å². The summed E-state index contributed by atoms with van der Waals surface area (Å²) in [5.74, 6) is 2.03. The Hall–Kier alpha value is -3.93. The van der Waals surface area contributed by atoms with Gasteiger partial charge in [0.05, 0.1) is 12.8 Å². The number of nitrogens with zero attached hydrogens (tertiary/aromatic N) is 4. The van der Waals surface area contributed by atoms with Gasteiger partial charge in [0, 0.05) is 54.8 Å². The summed E-state index contributed by atoms with van der Waals surface area (Å²) in [6.07, 6.45) is 5.72. The fourth-order valence-electron chi connectivity index (χ4n) is 4.88. The van der Waals surface area contributed by atoms with Crippen LogP contribution in [0.1, 0.15) is 46.2 Å². The lowest BCUT2D eigenvalue weighted by Gasteiger charge is -2.33. The predicted molar refractivity (Wildman–Crippen MR) is 137 cm³/mol. The van der Waals surface area contributed by atoms with Crippen molar-refractivity contribution in [2.24, 2.45) is 0 Å². The maximum atomic E-state index is 13.6. The first kappa shape index (κ1) is 22.8. The van der Waals surface area contributed by atoms with E-state index in [1.54, 1.807) is 13.3 Å². The lowest BCUT2D eigenvalue weighted by Crippen LogP contribution is -2.39. The van der Waals surface area contributed by atoms with Gasteiger partial charge in [0.2, 0.25) is 0 Å². The number of ether oxygens (including phenoxy) is 1. The van der Waals surface area contributed by atoms with Gasteiger partial charge in [0.25, 0.3) is 5.91 Å². The van der Waals surface area contributed by atoms with Crippen LogP contribution in [0.15, 0.2) is 79.1 Å². The number of amides is 1. The number of imidazole rings is 1. The van der Waals surface area contributed by atoms with E-state index in [0.717, 1.165) is 59.0 Å². The molecule has 0 bridgehead atoms. The summed E-state index contributed by atoms with van der Waals surface area (Å²) in [7, 11) is 1.68. The van der Waals surface area contributed by atoms with Crippen LogP contribution in [0.5, 0.6) is 5.75 Å². The summed E-state index contributed by atoms with van der Waals surface area (Å²) in [5, 5.41) is 0. The van der Waals surface area contributed by atoms with Gasteiger partial charge in [-0.3, -0.25) is 9.78 Å². The Morgan fingerprint density at radius 1 is 1.06 bits per heavy atom. The molecule has 0 spiro atoms. The van der Waals surface area contributed by atoms with Gasteiger partial charge in [0.1, 0.15) is 11.6 Å². The number of carbonyl (C=O) groups excluding carboxylic acids is 1. The molecule has 1 fully saturated rings. The molecule has 1 saturated heterocycles. The SMILES string of the molecule is COc1ccccc1-c1cccc(C2CCCN(C(=O)c3ccccc3Cn3ccnc3C)C2)n1. The van der Waals surface area contributed by atoms with E-state index in [9.17, 15) is 4.79 Å². The number of hydrogen-bond donors (Lipinski definition) is 0. The number of pyridine rings is 1. The molecule has 3 heterocycles. The summed E-state index contributed by atoms with van der Waals surface area (Å²) in [6, 6.07) is 22.0. The molecular formula is C29H30N4O2. The molecule has 0 radical (unpaired) electrons. The molecule has 1 unspecified atom stereocenters. The largest absolute Gasteiger partial charge is 0.496 e. The van der Waals surface area contributed by atoms with Crippen LogP contribution in [-0.4, -0.2) is 45.5 Å². The van der Waals surface area contributed by atoms with Crippen molar-refractivity contribution in [1.29, 1.82) is 0 Å². The molecule has 1 atom stereocenters. The van der Waals surface area contributed by atoms with Crippen molar-refractivity contribution >= 4 is 5.91 Å². The third kappa shape index (κ3) is 4.83. The number of likely N-dealkylation sites (tertiary alicyclic amines) is 1. The van der Waals surface area contributed by atoms with Crippen LogP contribution in [0, 0.1) is 6.92 Å². The van der Waals surface area contributed by atoms with Crippen LogP contribution in [-0.2, 0) is 6.54 Å². The molecule has 6 heteroatoms. The molecule has 0 aliphatic carbocycles. The molecule has 1 amide bonds. The number of methoxy groups -OCH3 is 1. The molecule has 2 aromatic heterocycles. The molecule has 4 aromatic rings. The van der Waals surface area contributed by atoms with Crippen molar-refractivity contribution in [1.82, 2.24) is 19.4 Å². The van der Waals surface area contributed by atoms with Gasteiger partial charge >= 0.3 is 0 Å². The zero-order valence-electron chi connectivity index (χ0n) is 20.2. The van der Waals surface area contributed by atoms with E-state index in [-0.39, 0.29) is 11.8 Å². The number of carbonyl (C=O) groups is 1. The average Bonchev–Trinajstić information content (AvgIpc) is 3.32. The van der Waals surface area contributed by atoms with Gasteiger partial charge in [0.15, 0.2) is 0 Å². The monoisotopic (exact) mass is 466 g/mol. The number of rotatable bonds is 6. The van der Waals surface area contributed by atoms with E-state index in [2.05, 4.69) is 15.6 Å². The standard InChI is InChI=1S/C29H30N4O2/c1-21-30-16-18-32(21)19-22-9-3-4-11-24(22)29(34)33-17-8-10-23(20-33)26-13-7-14-27(31-26)25-12-5-6-15-28(25)35-2/h3-7,9,11-16,18,23H,8,10,17,19-20H2,1-2H3. The van der Waals surface area contributed by atoms with E-state index in [4.69, 9.17) is 9.72 Å². The predicted octanol–water partition coefficient (Wildman–Crippen LogP) is 5.33. The normalized spacial score (nSPS) is 15.7. The Morgan fingerprint density at radius 3 is 2.71 bits per heavy atom. The molecule has 178 valence electrons. The maximum absolute atomic E-state index is 13.6. The summed E-state index contributed by atoms with van der Waals surface area (Å²) in [6.45, 7) is 4.04. The van der Waals surface area contributed by atoms with Crippen molar-refractivity contribution in [3.63, 3.8) is 0 Å². The van der Waals surface area contributed by atoms with E-state index >= 15 is 0 Å². The highest BCUT2D eigenvalue weighted by Gasteiger charge is 2.27. The first-order chi connectivity index (χ1) is 17.1. The molecule has 35 heavy (non-hydrogen) atoms. The summed E-state index contributed by atoms with van der Waals surface area (Å²) >= 11 is 0. The van der Waals surface area contributed by atoms with Gasteiger partial charge in [-0.2, -0.15) is 0 Å². The minimum Gasteiger partial charge on any atom is -0.496 e. The van der Waals surface area contributed by atoms with Gasteiger partial charge < -0.3 is 14.2 Å². The van der Waals surface area contributed by atoms with E-state index < -0.39 is 0 Å². The van der Waals surface area contributed by atoms with Crippen LogP contribution in [0.25, 0.3) is 11.3 Å². The molecule has 0 N–H and O–H groups in total. The van der Waals surface area contributed by atoms with Crippen molar-refractivity contribution in [2.75, 3.05) is 20.2 Å². The summed E-state index contributed by atoms with van der Waals surface area (Å²) < 4.78 is 7.61. The number of aromatic nitrogens is 3. The highest BCUT2D eigenvalue weighted by atomic mass is 16.5. The molecule has 1 aliphatic heterocycles. The topological polar surface area (TPSA) is 60.2 Å². The second kappa shape index (κ2) is 10.1. The third-order valence-electron chi connectivity index (χ3n) is 6.79. The first-order valence-corrected chi connectivity index (χ1v) is 12.1. The molecule has 2 aromatic carbocycles. The number of hydrogen-bond acceptors (Lipinski definition) is 4. The lowest BCUT2D eigenvalue weighted by atomic mass is 9.93. The minimum absolute atomic E-state index is 0.0870. The highest BCUT2D eigenvalue weighted by molar-refractivity contribution is 5.95. The molecule has 0 saturated carbocycles. The lowest BCUT2D eigenvalue weighted by molar-refractivity contribution is 0.0704. The van der Waals surface area contributed by atoms with Crippen LogP contribution in [0.2, 0.25) is 0 Å². The minimum atomic E-state index is 0.0870. The Bertz CT molecular complexity index is 1330. The fraction of sp³-hybridized carbons (Fsp3) is 0.276. The molecular weight excluding hydrogens is 436 g/mol. The van der Waals surface area contributed by atoms with Gasteiger partial charge in [-0.25, -0.2) is 4.98 Å². The number of aryl methyl sites for hydroxylation is 1. The van der Waals surface area contributed by atoms with Gasteiger partial charge in [-0.15, -0.1) is 0 Å². The van der Waals surface area contributed by atoms with E-state index in [0.29, 0.717) is 13.1 Å². The van der Waals surface area contributed by atoms with Gasteiger partial charge in [-0.05, 0) is 55.7 Å². The van der Waals surface area contributed by atoms with Gasteiger partial charge in [-0.1, -0.05) is 36.4 Å². The Labute approximate surface area is 206 Å². The van der Waals surface area contributed by atoms with Crippen molar-refractivity contribution in [2.45, 2.75) is 32.2 Å². The average molecular weight is 467 g/mol. The van der Waals surface area contributed by atoms with Crippen molar-refractivity contribution in [3.05, 3.63) is 102 Å². The zero-order chi connectivity index (χ0) is 24.2. The molecule has 1 aliphatic rings. The second-order valence-corrected chi connectivity index (χ2v) is 9.00. The quantitative estimate of drug-likeness (QED) is 0.385. The van der Waals surface area contributed by atoms with Crippen molar-refractivity contribution in [3.8, 4) is 17.0 Å². The third-order valence-corrected chi connectivity index (χ3v) is 6.79. The first-order valence-electron chi connectivity index (χ1n) is 12.1. The fourth-order valence-corrected chi connectivity index (χ4v) is 4.88. The van der Waals surface area contributed by atoms with Crippen LogP contribution in [0.3, 0.4) is 0 Å². The summed E-state index contributed by atoms with van der Waals surface area (Å²) in [5.41, 5.74) is 4.66. The number of piperidine rings is 1. The molecule has 6 nitrogen and oxygen atoms in total. The van der Waals surface area contributed by atoms with Crippen LogP contribution in [0.4, 0.5) is 0 Å².